The number of aromatic nitrogens is 2. The summed E-state index contributed by atoms with van der Waals surface area (Å²) in [5.41, 5.74) is 1.76. The van der Waals surface area contributed by atoms with Crippen LogP contribution in [0.3, 0.4) is 0 Å². The quantitative estimate of drug-likeness (QED) is 0.409. The van der Waals surface area contributed by atoms with E-state index in [0.29, 0.717) is 6.54 Å². The Bertz CT molecular complexity index is 674. The van der Waals surface area contributed by atoms with E-state index in [-0.39, 0.29) is 35.3 Å². The standard InChI is InChI=1S/C18H26FN5.HI/c1-5-20-17(22-18(2,3)4)21-12-10-15-11-13-24(23-15)16-8-6-14(19)7-9-16;/h6-9,11,13H,5,10,12H2,1-4H3,(H2,20,21,22);1H. The van der Waals surface area contributed by atoms with Crippen molar-refractivity contribution in [3.8, 4) is 5.69 Å². The normalized spacial score (nSPS) is 11.8. The number of hydrogen-bond acceptors (Lipinski definition) is 2. The van der Waals surface area contributed by atoms with E-state index >= 15 is 0 Å². The Morgan fingerprint density at radius 1 is 1.20 bits per heavy atom. The predicted molar refractivity (Wildman–Crippen MR) is 112 cm³/mol. The lowest BCUT2D eigenvalue weighted by Crippen LogP contribution is -2.47. The van der Waals surface area contributed by atoms with Gasteiger partial charge in [0, 0.05) is 31.2 Å². The van der Waals surface area contributed by atoms with Gasteiger partial charge in [-0.05, 0) is 58.0 Å². The highest BCUT2D eigenvalue weighted by molar-refractivity contribution is 14.0. The molecule has 1 aromatic carbocycles. The molecule has 2 N–H and O–H groups in total. The minimum absolute atomic E-state index is 0. The van der Waals surface area contributed by atoms with E-state index in [1.165, 1.54) is 12.1 Å². The molecule has 0 bridgehead atoms. The van der Waals surface area contributed by atoms with Crippen LogP contribution >= 0.6 is 24.0 Å². The molecule has 25 heavy (non-hydrogen) atoms. The lowest BCUT2D eigenvalue weighted by molar-refractivity contribution is 0.501. The molecule has 1 heterocycles. The van der Waals surface area contributed by atoms with Crippen molar-refractivity contribution in [1.82, 2.24) is 20.4 Å². The summed E-state index contributed by atoms with van der Waals surface area (Å²) in [6.07, 6.45) is 2.62. The second kappa shape index (κ2) is 9.74. The van der Waals surface area contributed by atoms with Gasteiger partial charge in [-0.2, -0.15) is 5.10 Å². The van der Waals surface area contributed by atoms with Crippen LogP contribution in [0.5, 0.6) is 0 Å². The Balaban J connectivity index is 0.00000312. The second-order valence-corrected chi connectivity index (χ2v) is 6.61. The monoisotopic (exact) mass is 459 g/mol. The Hall–Kier alpha value is -1.64. The Morgan fingerprint density at radius 3 is 2.48 bits per heavy atom. The summed E-state index contributed by atoms with van der Waals surface area (Å²) in [6, 6.07) is 8.24. The lowest BCUT2D eigenvalue weighted by atomic mass is 10.1. The smallest absolute Gasteiger partial charge is 0.191 e. The maximum Gasteiger partial charge on any atom is 0.191 e. The third kappa shape index (κ3) is 7.41. The zero-order valence-corrected chi connectivity index (χ0v) is 17.5. The molecule has 1 aromatic heterocycles. The number of guanidine groups is 1. The van der Waals surface area contributed by atoms with Crippen molar-refractivity contribution in [2.45, 2.75) is 39.7 Å². The third-order valence-corrected chi connectivity index (χ3v) is 3.21. The molecule has 0 fully saturated rings. The minimum Gasteiger partial charge on any atom is -0.357 e. The van der Waals surface area contributed by atoms with E-state index in [9.17, 15) is 4.39 Å². The first-order valence-electron chi connectivity index (χ1n) is 8.24. The first-order valence-corrected chi connectivity index (χ1v) is 8.24. The largest absolute Gasteiger partial charge is 0.357 e. The van der Waals surface area contributed by atoms with E-state index < -0.39 is 0 Å². The lowest BCUT2D eigenvalue weighted by Gasteiger charge is -2.23. The molecule has 2 rings (SSSR count). The third-order valence-electron chi connectivity index (χ3n) is 3.21. The molecule has 0 aliphatic heterocycles. The van der Waals surface area contributed by atoms with E-state index in [1.807, 2.05) is 19.2 Å². The van der Waals surface area contributed by atoms with Crippen LogP contribution in [0.2, 0.25) is 0 Å². The van der Waals surface area contributed by atoms with Crippen molar-refractivity contribution in [2.24, 2.45) is 4.99 Å². The fourth-order valence-corrected chi connectivity index (χ4v) is 2.18. The van der Waals surface area contributed by atoms with Gasteiger partial charge in [-0.15, -0.1) is 24.0 Å². The van der Waals surface area contributed by atoms with Crippen LogP contribution < -0.4 is 10.6 Å². The minimum atomic E-state index is -0.247. The van der Waals surface area contributed by atoms with E-state index in [1.54, 1.807) is 16.8 Å². The van der Waals surface area contributed by atoms with Gasteiger partial charge in [0.25, 0.3) is 0 Å². The fourth-order valence-electron chi connectivity index (χ4n) is 2.18. The topological polar surface area (TPSA) is 54.2 Å². The van der Waals surface area contributed by atoms with Gasteiger partial charge in [0.05, 0.1) is 11.4 Å². The van der Waals surface area contributed by atoms with Crippen LogP contribution in [-0.2, 0) is 6.42 Å². The molecule has 0 saturated carbocycles. The van der Waals surface area contributed by atoms with E-state index in [4.69, 9.17) is 0 Å². The molecule has 0 amide bonds. The van der Waals surface area contributed by atoms with Crippen LogP contribution in [0.25, 0.3) is 5.69 Å². The molecule has 0 aliphatic rings. The molecule has 7 heteroatoms. The molecule has 2 aromatic rings. The highest BCUT2D eigenvalue weighted by Gasteiger charge is 2.11. The molecular weight excluding hydrogens is 432 g/mol. The van der Waals surface area contributed by atoms with Gasteiger partial charge in [-0.1, -0.05) is 0 Å². The first-order chi connectivity index (χ1) is 11.4. The number of benzene rings is 1. The number of hydrogen-bond donors (Lipinski definition) is 2. The van der Waals surface area contributed by atoms with Crippen molar-refractivity contribution in [3.05, 3.63) is 48.0 Å². The zero-order valence-electron chi connectivity index (χ0n) is 15.2. The van der Waals surface area contributed by atoms with Crippen molar-refractivity contribution in [1.29, 1.82) is 0 Å². The van der Waals surface area contributed by atoms with Gasteiger partial charge in [-0.3, -0.25) is 4.99 Å². The van der Waals surface area contributed by atoms with Crippen molar-refractivity contribution in [3.63, 3.8) is 0 Å². The summed E-state index contributed by atoms with van der Waals surface area (Å²) in [7, 11) is 0. The van der Waals surface area contributed by atoms with E-state index in [0.717, 1.165) is 30.3 Å². The summed E-state index contributed by atoms with van der Waals surface area (Å²) >= 11 is 0. The van der Waals surface area contributed by atoms with Gasteiger partial charge >= 0.3 is 0 Å². The van der Waals surface area contributed by atoms with Gasteiger partial charge in [0.2, 0.25) is 0 Å². The summed E-state index contributed by atoms with van der Waals surface area (Å²) in [6.45, 7) is 9.82. The summed E-state index contributed by atoms with van der Waals surface area (Å²) in [4.78, 5) is 4.58. The molecule has 0 saturated heterocycles. The average molecular weight is 459 g/mol. The number of halogens is 2. The molecule has 138 valence electrons. The highest BCUT2D eigenvalue weighted by Crippen LogP contribution is 2.09. The van der Waals surface area contributed by atoms with Crippen LogP contribution in [0.1, 0.15) is 33.4 Å². The fraction of sp³-hybridized carbons (Fsp3) is 0.444. The second-order valence-electron chi connectivity index (χ2n) is 6.61. The van der Waals surface area contributed by atoms with Gasteiger partial charge in [0.1, 0.15) is 5.82 Å². The van der Waals surface area contributed by atoms with Crippen molar-refractivity contribution in [2.75, 3.05) is 13.1 Å². The summed E-state index contributed by atoms with van der Waals surface area (Å²) in [5, 5.41) is 11.1. The van der Waals surface area contributed by atoms with Crippen molar-refractivity contribution < 1.29 is 4.39 Å². The zero-order chi connectivity index (χ0) is 17.6. The summed E-state index contributed by atoms with van der Waals surface area (Å²) in [5.74, 6) is 0.561. The number of nitrogens with one attached hydrogen (secondary N) is 2. The molecule has 0 spiro atoms. The Labute approximate surface area is 166 Å². The van der Waals surface area contributed by atoms with Gasteiger partial charge < -0.3 is 10.6 Å². The maximum atomic E-state index is 13.0. The number of aliphatic imine (C=N–C) groups is 1. The van der Waals surface area contributed by atoms with Crippen LogP contribution in [-0.4, -0.2) is 34.4 Å². The Morgan fingerprint density at radius 2 is 1.88 bits per heavy atom. The van der Waals surface area contributed by atoms with Gasteiger partial charge in [-0.25, -0.2) is 9.07 Å². The maximum absolute atomic E-state index is 13.0. The molecular formula is C18H27FIN5. The van der Waals surface area contributed by atoms with E-state index in [2.05, 4.69) is 41.5 Å². The average Bonchev–Trinajstić information content (AvgIpc) is 2.95. The first kappa shape index (κ1) is 21.4. The molecule has 0 unspecified atom stereocenters. The van der Waals surface area contributed by atoms with Crippen LogP contribution in [0.4, 0.5) is 4.39 Å². The number of nitrogens with zero attached hydrogens (tertiary/aromatic N) is 3. The Kier molecular flexibility index (Phi) is 8.34. The number of rotatable bonds is 5. The SMILES string of the molecule is CCNC(=NCCc1ccn(-c2ccc(F)cc2)n1)NC(C)(C)C.I. The molecule has 0 radical (unpaired) electrons. The molecule has 0 atom stereocenters. The highest BCUT2D eigenvalue weighted by atomic mass is 127. The van der Waals surface area contributed by atoms with Crippen LogP contribution in [0, 0.1) is 5.82 Å². The molecule has 0 aliphatic carbocycles. The van der Waals surface area contributed by atoms with Gasteiger partial charge in [0.15, 0.2) is 5.96 Å². The van der Waals surface area contributed by atoms with Crippen LogP contribution in [0.15, 0.2) is 41.5 Å². The summed E-state index contributed by atoms with van der Waals surface area (Å²) < 4.78 is 14.7. The molecule has 5 nitrogen and oxygen atoms in total. The van der Waals surface area contributed by atoms with Crippen molar-refractivity contribution >= 4 is 29.9 Å². The predicted octanol–water partition coefficient (Wildman–Crippen LogP) is 3.53.